The van der Waals surface area contributed by atoms with E-state index in [2.05, 4.69) is 5.32 Å². The molecular weight excluding hydrogens is 190 g/mol. The van der Waals surface area contributed by atoms with E-state index in [1.807, 2.05) is 6.26 Å². The van der Waals surface area contributed by atoms with Crippen molar-refractivity contribution in [2.45, 2.75) is 30.1 Å². The van der Waals surface area contributed by atoms with Crippen molar-refractivity contribution in [2.24, 2.45) is 0 Å². The molecule has 1 aliphatic carbocycles. The summed E-state index contributed by atoms with van der Waals surface area (Å²) in [7, 11) is 0. The van der Waals surface area contributed by atoms with Gasteiger partial charge in [0.2, 0.25) is 6.41 Å². The normalized spacial score (nSPS) is 20.4. The molecule has 1 fully saturated rings. The van der Waals surface area contributed by atoms with Crippen LogP contribution in [0.2, 0.25) is 0 Å². The van der Waals surface area contributed by atoms with Gasteiger partial charge in [0.1, 0.15) is 0 Å². The first-order valence-electron chi connectivity index (χ1n) is 4.11. The minimum Gasteiger partial charge on any atom is -0.481 e. The maximum atomic E-state index is 10.5. The monoisotopic (exact) mass is 203 g/mol. The second kappa shape index (κ2) is 4.00. The van der Waals surface area contributed by atoms with E-state index in [1.165, 1.54) is 0 Å². The first-order chi connectivity index (χ1) is 6.14. The number of carbonyl (C=O) groups is 2. The van der Waals surface area contributed by atoms with Gasteiger partial charge in [-0.1, -0.05) is 0 Å². The van der Waals surface area contributed by atoms with Crippen LogP contribution in [0.4, 0.5) is 0 Å². The van der Waals surface area contributed by atoms with E-state index in [4.69, 9.17) is 5.11 Å². The lowest BCUT2D eigenvalue weighted by molar-refractivity contribution is -0.137. The van der Waals surface area contributed by atoms with Crippen LogP contribution in [0.15, 0.2) is 0 Å². The number of aliphatic carboxylic acids is 1. The zero-order valence-corrected chi connectivity index (χ0v) is 8.26. The summed E-state index contributed by atoms with van der Waals surface area (Å²) in [6.45, 7) is 0. The number of nitrogens with one attached hydrogen (secondary N) is 1. The molecule has 4 nitrogen and oxygen atoms in total. The Balaban J connectivity index is 2.56. The number of carbonyl (C=O) groups excluding carboxylic acids is 1. The highest BCUT2D eigenvalue weighted by molar-refractivity contribution is 8.00. The number of thioether (sulfide) groups is 1. The van der Waals surface area contributed by atoms with Crippen LogP contribution in [-0.2, 0) is 9.59 Å². The van der Waals surface area contributed by atoms with Crippen molar-refractivity contribution in [3.05, 3.63) is 0 Å². The Kier molecular flexibility index (Phi) is 3.19. The number of rotatable bonds is 6. The molecule has 0 aromatic rings. The van der Waals surface area contributed by atoms with Crippen LogP contribution in [0, 0.1) is 0 Å². The fourth-order valence-corrected chi connectivity index (χ4v) is 2.42. The molecule has 0 aromatic heterocycles. The number of hydrogen-bond donors (Lipinski definition) is 2. The molecule has 0 bridgehead atoms. The summed E-state index contributed by atoms with van der Waals surface area (Å²) in [5.41, 5.74) is 0. The molecule has 1 saturated carbocycles. The lowest BCUT2D eigenvalue weighted by Crippen LogP contribution is -2.40. The summed E-state index contributed by atoms with van der Waals surface area (Å²) >= 11 is 1.64. The Hall–Kier alpha value is -0.710. The van der Waals surface area contributed by atoms with Crippen molar-refractivity contribution < 1.29 is 14.7 Å². The van der Waals surface area contributed by atoms with Crippen LogP contribution in [0.3, 0.4) is 0 Å². The van der Waals surface area contributed by atoms with Crippen LogP contribution in [0.1, 0.15) is 19.3 Å². The molecule has 1 amide bonds. The minimum atomic E-state index is -0.861. The summed E-state index contributed by atoms with van der Waals surface area (Å²) in [5.74, 6) is -0.861. The van der Waals surface area contributed by atoms with Crippen molar-refractivity contribution >= 4 is 24.1 Å². The van der Waals surface area contributed by atoms with E-state index < -0.39 is 5.97 Å². The zero-order chi connectivity index (χ0) is 9.90. The predicted octanol–water partition coefficient (Wildman–Crippen LogP) is 0.471. The lowest BCUT2D eigenvalue weighted by atomic mass is 10.1. The summed E-state index contributed by atoms with van der Waals surface area (Å²) in [6.07, 6.45) is 4.54. The maximum absolute atomic E-state index is 10.5. The largest absolute Gasteiger partial charge is 0.481 e. The van der Waals surface area contributed by atoms with Crippen LogP contribution < -0.4 is 5.32 Å². The lowest BCUT2D eigenvalue weighted by Gasteiger charge is -2.22. The van der Waals surface area contributed by atoms with Crippen LogP contribution in [-0.4, -0.2) is 34.5 Å². The SMILES string of the molecule is CSC1(C(CC(=O)O)NC=O)CC1. The van der Waals surface area contributed by atoms with E-state index in [-0.39, 0.29) is 17.2 Å². The number of amides is 1. The predicted molar refractivity (Wildman–Crippen MR) is 50.7 cm³/mol. The molecule has 0 saturated heterocycles. The van der Waals surface area contributed by atoms with Gasteiger partial charge in [0, 0.05) is 4.75 Å². The van der Waals surface area contributed by atoms with Gasteiger partial charge in [-0.2, -0.15) is 11.8 Å². The van der Waals surface area contributed by atoms with Crippen LogP contribution in [0.25, 0.3) is 0 Å². The first-order valence-corrected chi connectivity index (χ1v) is 5.34. The second-order valence-electron chi connectivity index (χ2n) is 3.20. The van der Waals surface area contributed by atoms with Crippen LogP contribution in [0.5, 0.6) is 0 Å². The Labute approximate surface area is 81.1 Å². The average Bonchev–Trinajstić information content (AvgIpc) is 2.83. The molecule has 2 N–H and O–H groups in total. The Bertz CT molecular complexity index is 215. The first kappa shape index (κ1) is 10.4. The highest BCUT2D eigenvalue weighted by Gasteiger charge is 2.49. The molecular formula is C8H13NO3S. The van der Waals surface area contributed by atoms with E-state index in [1.54, 1.807) is 11.8 Å². The highest BCUT2D eigenvalue weighted by atomic mass is 32.2. The molecule has 0 aromatic carbocycles. The molecule has 0 heterocycles. The quantitative estimate of drug-likeness (QED) is 0.616. The third-order valence-corrected chi connectivity index (χ3v) is 3.94. The van der Waals surface area contributed by atoms with Gasteiger partial charge in [-0.25, -0.2) is 0 Å². The molecule has 1 rings (SSSR count). The highest BCUT2D eigenvalue weighted by Crippen LogP contribution is 2.50. The van der Waals surface area contributed by atoms with Crippen molar-refractivity contribution in [2.75, 3.05) is 6.26 Å². The number of hydrogen-bond acceptors (Lipinski definition) is 3. The van der Waals surface area contributed by atoms with Gasteiger partial charge in [0.25, 0.3) is 0 Å². The topological polar surface area (TPSA) is 66.4 Å². The smallest absolute Gasteiger partial charge is 0.305 e. The van der Waals surface area contributed by atoms with Crippen molar-refractivity contribution in [1.82, 2.24) is 5.32 Å². The van der Waals surface area contributed by atoms with Gasteiger partial charge in [-0.3, -0.25) is 9.59 Å². The molecule has 0 radical (unpaired) electrons. The fourth-order valence-electron chi connectivity index (χ4n) is 1.47. The summed E-state index contributed by atoms with van der Waals surface area (Å²) in [5, 5.41) is 11.2. The molecule has 0 aliphatic heterocycles. The Morgan fingerprint density at radius 2 is 2.38 bits per heavy atom. The van der Waals surface area contributed by atoms with Gasteiger partial charge in [0.05, 0.1) is 12.5 Å². The summed E-state index contributed by atoms with van der Waals surface area (Å²) in [4.78, 5) is 20.8. The molecule has 74 valence electrons. The zero-order valence-electron chi connectivity index (χ0n) is 7.45. The third-order valence-electron chi connectivity index (χ3n) is 2.43. The van der Waals surface area contributed by atoms with E-state index >= 15 is 0 Å². The average molecular weight is 203 g/mol. The Morgan fingerprint density at radius 1 is 1.77 bits per heavy atom. The van der Waals surface area contributed by atoms with E-state index in [0.717, 1.165) is 12.8 Å². The number of carboxylic acids is 1. The van der Waals surface area contributed by atoms with Gasteiger partial charge in [0.15, 0.2) is 0 Å². The fraction of sp³-hybridized carbons (Fsp3) is 0.750. The number of carboxylic acid groups (broad SMARTS) is 1. The van der Waals surface area contributed by atoms with Gasteiger partial charge in [-0.15, -0.1) is 0 Å². The molecule has 1 aliphatic rings. The van der Waals surface area contributed by atoms with E-state index in [0.29, 0.717) is 6.41 Å². The van der Waals surface area contributed by atoms with E-state index in [9.17, 15) is 9.59 Å². The van der Waals surface area contributed by atoms with Crippen molar-refractivity contribution in [3.63, 3.8) is 0 Å². The van der Waals surface area contributed by atoms with Gasteiger partial charge >= 0.3 is 5.97 Å². The third kappa shape index (κ3) is 2.37. The molecule has 1 unspecified atom stereocenters. The Morgan fingerprint density at radius 3 is 2.69 bits per heavy atom. The maximum Gasteiger partial charge on any atom is 0.305 e. The van der Waals surface area contributed by atoms with Gasteiger partial charge in [-0.05, 0) is 19.1 Å². The standard InChI is InChI=1S/C8H13NO3S/c1-13-8(2-3-8)6(9-5-10)4-7(11)12/h5-6H,2-4H2,1H3,(H,9,10)(H,11,12). The molecule has 5 heteroatoms. The molecule has 1 atom stereocenters. The second-order valence-corrected chi connectivity index (χ2v) is 4.43. The summed E-state index contributed by atoms with van der Waals surface area (Å²) < 4.78 is -0.0146. The molecule has 13 heavy (non-hydrogen) atoms. The van der Waals surface area contributed by atoms with Crippen molar-refractivity contribution in [3.8, 4) is 0 Å². The van der Waals surface area contributed by atoms with Crippen LogP contribution >= 0.6 is 11.8 Å². The van der Waals surface area contributed by atoms with Gasteiger partial charge < -0.3 is 10.4 Å². The van der Waals surface area contributed by atoms with Crippen molar-refractivity contribution in [1.29, 1.82) is 0 Å². The molecule has 0 spiro atoms. The minimum absolute atomic E-state index is 0.0135. The summed E-state index contributed by atoms with van der Waals surface area (Å²) in [6, 6.07) is -0.225.